The summed E-state index contributed by atoms with van der Waals surface area (Å²) in [6.07, 6.45) is 11.4. The lowest BCUT2D eigenvalue weighted by atomic mass is 9.94. The molecule has 0 spiro atoms. The van der Waals surface area contributed by atoms with E-state index < -0.39 is 11.0 Å². The van der Waals surface area contributed by atoms with Gasteiger partial charge in [0.25, 0.3) is 0 Å². The maximum atomic E-state index is 14.5. The fraction of sp³-hybridized carbons (Fsp3) is 0.688. The van der Waals surface area contributed by atoms with E-state index in [1.165, 1.54) is 6.08 Å². The predicted molar refractivity (Wildman–Crippen MR) is 81.8 cm³/mol. The highest BCUT2D eigenvalue weighted by Crippen LogP contribution is 2.37. The summed E-state index contributed by atoms with van der Waals surface area (Å²) in [4.78, 5) is 14.9. The number of hydrogen-bond acceptors (Lipinski definition) is 2. The molecule has 3 aliphatic rings. The SMILES string of the molecule is O=C(C1C=CC=CC1(F)Cl)N(C1CCCC1)[C@H]1CCNC1. The number of rotatable bonds is 3. The van der Waals surface area contributed by atoms with Gasteiger partial charge in [0.15, 0.2) is 0 Å². The van der Waals surface area contributed by atoms with E-state index in [9.17, 15) is 9.18 Å². The van der Waals surface area contributed by atoms with E-state index in [0.717, 1.165) is 45.2 Å². The third-order valence-electron chi connectivity index (χ3n) is 4.81. The van der Waals surface area contributed by atoms with Gasteiger partial charge in [0.2, 0.25) is 11.0 Å². The molecule has 3 rings (SSSR count). The van der Waals surface area contributed by atoms with E-state index >= 15 is 0 Å². The van der Waals surface area contributed by atoms with Crippen LogP contribution in [0.4, 0.5) is 4.39 Å². The Morgan fingerprint density at radius 2 is 2.00 bits per heavy atom. The topological polar surface area (TPSA) is 32.3 Å². The van der Waals surface area contributed by atoms with Gasteiger partial charge in [0.1, 0.15) is 5.92 Å². The maximum Gasteiger partial charge on any atom is 0.234 e. The predicted octanol–water partition coefficient (Wildman–Crippen LogP) is 2.77. The van der Waals surface area contributed by atoms with Crippen LogP contribution >= 0.6 is 11.6 Å². The first kappa shape index (κ1) is 15.0. The molecule has 0 aromatic heterocycles. The van der Waals surface area contributed by atoms with Crippen LogP contribution in [0.3, 0.4) is 0 Å². The molecule has 0 aromatic rings. The van der Waals surface area contributed by atoms with Crippen LogP contribution < -0.4 is 5.32 Å². The second-order valence-electron chi connectivity index (χ2n) is 6.23. The minimum Gasteiger partial charge on any atom is -0.335 e. The van der Waals surface area contributed by atoms with Crippen LogP contribution in [0.1, 0.15) is 32.1 Å². The number of allylic oxidation sites excluding steroid dienone is 3. The Hall–Kier alpha value is -0.870. The first-order valence-corrected chi connectivity index (χ1v) is 8.24. The molecule has 0 radical (unpaired) electrons. The standard InChI is InChI=1S/C16H22ClFN2O/c17-16(18)9-4-3-7-14(16)15(21)20(12-5-1-2-6-12)13-8-10-19-11-13/h3-4,7,9,12-14,19H,1-2,5-6,8,10-11H2/t13-,14?,16?/m0/s1. The largest absolute Gasteiger partial charge is 0.335 e. The van der Waals surface area contributed by atoms with Crippen molar-refractivity contribution in [3.05, 3.63) is 24.3 Å². The molecule has 1 saturated heterocycles. The molecule has 3 atom stereocenters. The van der Waals surface area contributed by atoms with Crippen molar-refractivity contribution in [2.75, 3.05) is 13.1 Å². The quantitative estimate of drug-likeness (QED) is 0.813. The second-order valence-corrected chi connectivity index (χ2v) is 6.81. The van der Waals surface area contributed by atoms with Gasteiger partial charge < -0.3 is 10.2 Å². The molecule has 1 saturated carbocycles. The smallest absolute Gasteiger partial charge is 0.234 e. The Morgan fingerprint density at radius 3 is 2.62 bits per heavy atom. The van der Waals surface area contributed by atoms with Crippen LogP contribution in [-0.4, -0.2) is 41.1 Å². The molecule has 2 unspecified atom stereocenters. The van der Waals surface area contributed by atoms with E-state index in [1.807, 2.05) is 4.90 Å². The summed E-state index contributed by atoms with van der Waals surface area (Å²) in [6.45, 7) is 1.72. The van der Waals surface area contributed by atoms with E-state index in [2.05, 4.69) is 5.32 Å². The maximum absolute atomic E-state index is 14.5. The van der Waals surface area contributed by atoms with Gasteiger partial charge in [-0.05, 0) is 31.9 Å². The Labute approximate surface area is 130 Å². The van der Waals surface area contributed by atoms with Gasteiger partial charge in [-0.15, -0.1) is 0 Å². The van der Waals surface area contributed by atoms with Crippen LogP contribution in [0.2, 0.25) is 0 Å². The van der Waals surface area contributed by atoms with Crippen molar-refractivity contribution in [3.63, 3.8) is 0 Å². The second kappa shape index (κ2) is 6.09. The first-order valence-electron chi connectivity index (χ1n) is 7.86. The number of amides is 1. The minimum absolute atomic E-state index is 0.159. The molecular weight excluding hydrogens is 291 g/mol. The number of carbonyl (C=O) groups excluding carboxylic acids is 1. The van der Waals surface area contributed by atoms with Crippen molar-refractivity contribution < 1.29 is 9.18 Å². The van der Waals surface area contributed by atoms with E-state index in [1.54, 1.807) is 18.2 Å². The average molecular weight is 313 g/mol. The number of nitrogens with one attached hydrogen (secondary N) is 1. The van der Waals surface area contributed by atoms with Crippen LogP contribution in [0, 0.1) is 5.92 Å². The molecule has 2 aliphatic carbocycles. The lowest BCUT2D eigenvalue weighted by Crippen LogP contribution is -2.52. The summed E-state index contributed by atoms with van der Waals surface area (Å²) in [7, 11) is 0. The van der Waals surface area contributed by atoms with Gasteiger partial charge in [-0.25, -0.2) is 4.39 Å². The molecule has 1 aliphatic heterocycles. The first-order chi connectivity index (χ1) is 10.1. The molecule has 2 fully saturated rings. The van der Waals surface area contributed by atoms with Crippen LogP contribution in [0.15, 0.2) is 24.3 Å². The Balaban J connectivity index is 1.83. The summed E-state index contributed by atoms with van der Waals surface area (Å²) < 4.78 is 14.5. The Kier molecular flexibility index (Phi) is 4.36. The van der Waals surface area contributed by atoms with Crippen molar-refractivity contribution in [1.82, 2.24) is 10.2 Å². The van der Waals surface area contributed by atoms with Gasteiger partial charge in [-0.3, -0.25) is 4.79 Å². The van der Waals surface area contributed by atoms with Gasteiger partial charge in [-0.2, -0.15) is 0 Å². The lowest BCUT2D eigenvalue weighted by Gasteiger charge is -2.38. The zero-order chi connectivity index (χ0) is 14.9. The Bertz CT molecular complexity index is 435. The summed E-state index contributed by atoms with van der Waals surface area (Å²) in [5.41, 5.74) is 0. The van der Waals surface area contributed by atoms with Crippen molar-refractivity contribution in [3.8, 4) is 0 Å². The summed E-state index contributed by atoms with van der Waals surface area (Å²) in [6, 6.07) is 0.418. The highest BCUT2D eigenvalue weighted by atomic mass is 35.5. The normalized spacial score (nSPS) is 36.3. The van der Waals surface area contributed by atoms with Crippen LogP contribution in [0.25, 0.3) is 0 Å². The van der Waals surface area contributed by atoms with Gasteiger partial charge in [0, 0.05) is 18.6 Å². The van der Waals surface area contributed by atoms with E-state index in [-0.39, 0.29) is 18.0 Å². The number of alkyl halides is 2. The number of halogens is 2. The number of carbonyl (C=O) groups is 1. The van der Waals surface area contributed by atoms with Crippen molar-refractivity contribution in [2.24, 2.45) is 5.92 Å². The third-order valence-corrected chi connectivity index (χ3v) is 5.18. The third kappa shape index (κ3) is 3.02. The van der Waals surface area contributed by atoms with Crippen molar-refractivity contribution >= 4 is 17.5 Å². The van der Waals surface area contributed by atoms with Gasteiger partial charge in [-0.1, -0.05) is 42.7 Å². The molecule has 1 amide bonds. The highest BCUT2D eigenvalue weighted by Gasteiger charge is 2.45. The fourth-order valence-electron chi connectivity index (χ4n) is 3.72. The molecule has 0 aromatic carbocycles. The summed E-state index contributed by atoms with van der Waals surface area (Å²) in [5, 5.41) is 1.20. The molecule has 1 heterocycles. The van der Waals surface area contributed by atoms with Crippen molar-refractivity contribution in [2.45, 2.75) is 49.3 Å². The van der Waals surface area contributed by atoms with Crippen LogP contribution in [0.5, 0.6) is 0 Å². The molecular formula is C16H22ClFN2O. The average Bonchev–Trinajstić information content (AvgIpc) is 3.12. The monoisotopic (exact) mass is 312 g/mol. The zero-order valence-corrected chi connectivity index (χ0v) is 12.9. The van der Waals surface area contributed by atoms with E-state index in [0.29, 0.717) is 0 Å². The summed E-state index contributed by atoms with van der Waals surface area (Å²) in [5.74, 6) is -1.07. The highest BCUT2D eigenvalue weighted by molar-refractivity contribution is 6.26. The molecule has 5 heteroatoms. The van der Waals surface area contributed by atoms with E-state index in [4.69, 9.17) is 11.6 Å². The van der Waals surface area contributed by atoms with Crippen LogP contribution in [-0.2, 0) is 4.79 Å². The molecule has 0 bridgehead atoms. The number of nitrogens with zero attached hydrogens (tertiary/aromatic N) is 1. The molecule has 116 valence electrons. The molecule has 1 N–H and O–H groups in total. The van der Waals surface area contributed by atoms with Crippen molar-refractivity contribution in [1.29, 1.82) is 0 Å². The van der Waals surface area contributed by atoms with Gasteiger partial charge in [0.05, 0.1) is 0 Å². The number of hydrogen-bond donors (Lipinski definition) is 1. The zero-order valence-electron chi connectivity index (χ0n) is 12.1. The Morgan fingerprint density at radius 1 is 1.24 bits per heavy atom. The lowest BCUT2D eigenvalue weighted by molar-refractivity contribution is -0.140. The summed E-state index contributed by atoms with van der Waals surface area (Å²) >= 11 is 5.92. The minimum atomic E-state index is -2.10. The molecule has 3 nitrogen and oxygen atoms in total. The van der Waals surface area contributed by atoms with Gasteiger partial charge >= 0.3 is 0 Å². The fourth-order valence-corrected chi connectivity index (χ4v) is 3.95. The molecule has 21 heavy (non-hydrogen) atoms.